The van der Waals surface area contributed by atoms with Gasteiger partial charge in [0.25, 0.3) is 0 Å². The van der Waals surface area contributed by atoms with Crippen LogP contribution in [0.25, 0.3) is 0 Å². The molecule has 1 fully saturated rings. The van der Waals surface area contributed by atoms with E-state index < -0.39 is 5.60 Å². The second kappa shape index (κ2) is 7.00. The van der Waals surface area contributed by atoms with Crippen molar-refractivity contribution in [3.63, 3.8) is 0 Å². The van der Waals surface area contributed by atoms with Crippen molar-refractivity contribution in [1.29, 1.82) is 0 Å². The Kier molecular flexibility index (Phi) is 5.33. The molecule has 3 N–H and O–H groups in total. The van der Waals surface area contributed by atoms with E-state index >= 15 is 0 Å². The molecule has 1 aromatic carbocycles. The van der Waals surface area contributed by atoms with Gasteiger partial charge in [-0.05, 0) is 61.4 Å². The number of hydrogen-bond donors (Lipinski definition) is 2. The molecule has 2 rings (SSSR count). The SMILES string of the molecule is NCCCc1cccc(C#CC2(O)CCSCC2)c1. The van der Waals surface area contributed by atoms with E-state index in [4.69, 9.17) is 5.73 Å². The van der Waals surface area contributed by atoms with Crippen molar-refractivity contribution in [2.45, 2.75) is 31.3 Å². The van der Waals surface area contributed by atoms with Gasteiger partial charge in [-0.25, -0.2) is 0 Å². The Morgan fingerprint density at radius 1 is 1.32 bits per heavy atom. The van der Waals surface area contributed by atoms with E-state index in [-0.39, 0.29) is 0 Å². The van der Waals surface area contributed by atoms with Gasteiger partial charge in [0.05, 0.1) is 0 Å². The molecule has 1 aliphatic rings. The van der Waals surface area contributed by atoms with Crippen LogP contribution in [0.2, 0.25) is 0 Å². The Morgan fingerprint density at radius 2 is 2.11 bits per heavy atom. The van der Waals surface area contributed by atoms with Crippen molar-refractivity contribution < 1.29 is 5.11 Å². The maximum atomic E-state index is 10.3. The van der Waals surface area contributed by atoms with E-state index in [0.29, 0.717) is 6.54 Å². The monoisotopic (exact) mass is 275 g/mol. The Balaban J connectivity index is 2.06. The summed E-state index contributed by atoms with van der Waals surface area (Å²) < 4.78 is 0. The summed E-state index contributed by atoms with van der Waals surface area (Å²) in [5.74, 6) is 8.20. The molecule has 1 aromatic rings. The first-order chi connectivity index (χ1) is 9.22. The van der Waals surface area contributed by atoms with Crippen molar-refractivity contribution >= 4 is 11.8 Å². The van der Waals surface area contributed by atoms with Crippen LogP contribution in [0.4, 0.5) is 0 Å². The number of rotatable bonds is 3. The lowest BCUT2D eigenvalue weighted by molar-refractivity contribution is 0.0927. The Morgan fingerprint density at radius 3 is 2.84 bits per heavy atom. The van der Waals surface area contributed by atoms with Gasteiger partial charge < -0.3 is 10.8 Å². The lowest BCUT2D eigenvalue weighted by Crippen LogP contribution is -2.31. The van der Waals surface area contributed by atoms with Crippen molar-refractivity contribution in [2.75, 3.05) is 18.1 Å². The van der Waals surface area contributed by atoms with Gasteiger partial charge in [0, 0.05) is 5.56 Å². The maximum Gasteiger partial charge on any atom is 0.127 e. The zero-order valence-electron chi connectivity index (χ0n) is 11.2. The number of hydrogen-bond acceptors (Lipinski definition) is 3. The van der Waals surface area contributed by atoms with E-state index in [1.54, 1.807) is 0 Å². The van der Waals surface area contributed by atoms with Crippen molar-refractivity contribution in [2.24, 2.45) is 5.73 Å². The van der Waals surface area contributed by atoms with Crippen molar-refractivity contribution in [1.82, 2.24) is 0 Å². The fourth-order valence-electron chi connectivity index (χ4n) is 2.13. The molecular weight excluding hydrogens is 254 g/mol. The topological polar surface area (TPSA) is 46.2 Å². The highest BCUT2D eigenvalue weighted by Gasteiger charge is 2.26. The molecule has 1 aliphatic heterocycles. The van der Waals surface area contributed by atoms with Gasteiger partial charge in [0.1, 0.15) is 5.60 Å². The van der Waals surface area contributed by atoms with Crippen LogP contribution in [0.15, 0.2) is 24.3 Å². The first-order valence-corrected chi connectivity index (χ1v) is 8.00. The third-order valence-electron chi connectivity index (χ3n) is 3.36. The van der Waals surface area contributed by atoms with Gasteiger partial charge in [-0.3, -0.25) is 0 Å². The first-order valence-electron chi connectivity index (χ1n) is 6.84. The largest absolute Gasteiger partial charge is 0.378 e. The molecule has 19 heavy (non-hydrogen) atoms. The van der Waals surface area contributed by atoms with Gasteiger partial charge in [0.15, 0.2) is 0 Å². The molecular formula is C16H21NOS. The second-order valence-corrected chi connectivity index (χ2v) is 6.21. The van der Waals surface area contributed by atoms with E-state index in [9.17, 15) is 5.11 Å². The minimum atomic E-state index is -0.779. The third kappa shape index (κ3) is 4.58. The summed E-state index contributed by atoms with van der Waals surface area (Å²) in [6.07, 6.45) is 3.54. The predicted octanol–water partition coefficient (Wildman–Crippen LogP) is 2.19. The average molecular weight is 275 g/mol. The Hall–Kier alpha value is -0.950. The summed E-state index contributed by atoms with van der Waals surface area (Å²) in [7, 11) is 0. The van der Waals surface area contributed by atoms with Crippen LogP contribution in [0.5, 0.6) is 0 Å². The zero-order chi connectivity index (χ0) is 13.6. The number of aliphatic hydroxyl groups is 1. The molecule has 2 nitrogen and oxygen atoms in total. The predicted molar refractivity (Wildman–Crippen MR) is 82.2 cm³/mol. The molecule has 102 valence electrons. The fraction of sp³-hybridized carbons (Fsp3) is 0.500. The van der Waals surface area contributed by atoms with Crippen molar-refractivity contribution in [3.8, 4) is 11.8 Å². The van der Waals surface area contributed by atoms with E-state index in [2.05, 4.69) is 24.0 Å². The van der Waals surface area contributed by atoms with Crippen LogP contribution in [0, 0.1) is 11.8 Å². The molecule has 0 radical (unpaired) electrons. The van der Waals surface area contributed by atoms with Gasteiger partial charge >= 0.3 is 0 Å². The highest BCUT2D eigenvalue weighted by atomic mass is 32.2. The van der Waals surface area contributed by atoms with Gasteiger partial charge in [-0.2, -0.15) is 11.8 Å². The van der Waals surface area contributed by atoms with E-state index in [0.717, 1.165) is 42.8 Å². The first kappa shape index (κ1) is 14.5. The normalized spacial score (nSPS) is 17.6. The molecule has 0 bridgehead atoms. The molecule has 0 spiro atoms. The maximum absolute atomic E-state index is 10.3. The van der Waals surface area contributed by atoms with Crippen molar-refractivity contribution in [3.05, 3.63) is 35.4 Å². The lowest BCUT2D eigenvalue weighted by Gasteiger charge is -2.26. The molecule has 0 amide bonds. The molecule has 3 heteroatoms. The average Bonchev–Trinajstić information content (AvgIpc) is 2.44. The lowest BCUT2D eigenvalue weighted by atomic mass is 9.97. The number of nitrogens with two attached hydrogens (primary N) is 1. The molecule has 0 unspecified atom stereocenters. The number of thioether (sulfide) groups is 1. The van der Waals surface area contributed by atoms with Crippen LogP contribution >= 0.6 is 11.8 Å². The minimum Gasteiger partial charge on any atom is -0.378 e. The number of aryl methyl sites for hydroxylation is 1. The molecule has 0 aliphatic carbocycles. The van der Waals surface area contributed by atoms with E-state index in [1.807, 2.05) is 23.9 Å². The highest BCUT2D eigenvalue weighted by Crippen LogP contribution is 2.26. The van der Waals surface area contributed by atoms with Crippen LogP contribution in [0.3, 0.4) is 0 Å². The molecule has 1 saturated heterocycles. The summed E-state index contributed by atoms with van der Waals surface area (Å²) >= 11 is 1.89. The molecule has 0 saturated carbocycles. The molecule has 0 atom stereocenters. The number of benzene rings is 1. The van der Waals surface area contributed by atoms with Crippen LogP contribution < -0.4 is 5.73 Å². The Labute approximate surface area is 119 Å². The standard InChI is InChI=1S/C16H21NOS/c17-10-2-5-14-3-1-4-15(13-14)6-7-16(18)8-11-19-12-9-16/h1,3-4,13,18H,2,5,8-12,17H2. The van der Waals surface area contributed by atoms with E-state index in [1.165, 1.54) is 5.56 Å². The third-order valence-corrected chi connectivity index (χ3v) is 4.34. The Bertz CT molecular complexity index is 469. The van der Waals surface area contributed by atoms with Gasteiger partial charge in [-0.1, -0.05) is 24.0 Å². The summed E-state index contributed by atoms with van der Waals surface area (Å²) in [5.41, 5.74) is 7.00. The minimum absolute atomic E-state index is 0.716. The summed E-state index contributed by atoms with van der Waals surface area (Å²) in [6, 6.07) is 8.23. The summed E-state index contributed by atoms with van der Waals surface area (Å²) in [6.45, 7) is 0.716. The highest BCUT2D eigenvalue weighted by molar-refractivity contribution is 7.99. The fourth-order valence-corrected chi connectivity index (χ4v) is 3.30. The molecule has 1 heterocycles. The van der Waals surface area contributed by atoms with Gasteiger partial charge in [0.2, 0.25) is 0 Å². The molecule has 0 aromatic heterocycles. The smallest absolute Gasteiger partial charge is 0.127 e. The quantitative estimate of drug-likeness (QED) is 0.831. The summed E-state index contributed by atoms with van der Waals surface area (Å²) in [4.78, 5) is 0. The van der Waals surface area contributed by atoms with Crippen LogP contribution in [-0.2, 0) is 6.42 Å². The summed E-state index contributed by atoms with van der Waals surface area (Å²) in [5, 5.41) is 10.3. The zero-order valence-corrected chi connectivity index (χ0v) is 12.0. The van der Waals surface area contributed by atoms with Gasteiger partial charge in [-0.15, -0.1) is 0 Å². The van der Waals surface area contributed by atoms with Crippen LogP contribution in [0.1, 0.15) is 30.4 Å². The van der Waals surface area contributed by atoms with Crippen LogP contribution in [-0.4, -0.2) is 28.8 Å². The second-order valence-electron chi connectivity index (χ2n) is 4.99.